The van der Waals surface area contributed by atoms with Crippen molar-refractivity contribution in [3.63, 3.8) is 0 Å². The predicted octanol–water partition coefficient (Wildman–Crippen LogP) is 1.41. The second-order valence-corrected chi connectivity index (χ2v) is 1.59. The standard InChI is InChI=1S/C6H14O/c1-3-4-6(2)5-7/h6-7H,3-5H2,1-2H3/i2D,4D. The van der Waals surface area contributed by atoms with Gasteiger partial charge in [-0.3, -0.25) is 0 Å². The predicted molar refractivity (Wildman–Crippen MR) is 31.2 cm³/mol. The molecule has 0 aromatic heterocycles. The molecule has 1 heteroatoms. The summed E-state index contributed by atoms with van der Waals surface area (Å²) >= 11 is 0. The number of aliphatic hydroxyl groups is 1. The average Bonchev–Trinajstić information content (AvgIpc) is 1.90. The summed E-state index contributed by atoms with van der Waals surface area (Å²) in [4.78, 5) is 0. The van der Waals surface area contributed by atoms with E-state index in [2.05, 4.69) is 0 Å². The lowest BCUT2D eigenvalue weighted by Crippen LogP contribution is -1.98. The van der Waals surface area contributed by atoms with Gasteiger partial charge in [0.25, 0.3) is 0 Å². The maximum absolute atomic E-state index is 8.59. The second kappa shape index (κ2) is 4.13. The van der Waals surface area contributed by atoms with E-state index in [1.165, 1.54) is 0 Å². The van der Waals surface area contributed by atoms with Crippen LogP contribution in [0.3, 0.4) is 0 Å². The van der Waals surface area contributed by atoms with E-state index < -0.39 is 0 Å². The Bertz CT molecular complexity index is 64.1. The fourth-order valence-corrected chi connectivity index (χ4v) is 0.408. The van der Waals surface area contributed by atoms with Gasteiger partial charge in [-0.1, -0.05) is 20.2 Å². The van der Waals surface area contributed by atoms with E-state index in [1.54, 1.807) is 0 Å². The van der Waals surface area contributed by atoms with Gasteiger partial charge in [0.15, 0.2) is 0 Å². The Labute approximate surface area is 48.2 Å². The first-order valence-corrected chi connectivity index (χ1v) is 2.58. The molecule has 0 heterocycles. The Morgan fingerprint density at radius 3 is 2.86 bits per heavy atom. The van der Waals surface area contributed by atoms with Gasteiger partial charge in [-0.2, -0.15) is 0 Å². The molecule has 0 bridgehead atoms. The normalized spacial score (nSPS) is 22.6. The van der Waals surface area contributed by atoms with Gasteiger partial charge in [0.05, 0.1) is 0 Å². The molecule has 1 nitrogen and oxygen atoms in total. The van der Waals surface area contributed by atoms with E-state index in [0.717, 1.165) is 6.42 Å². The summed E-state index contributed by atoms with van der Waals surface area (Å²) in [5, 5.41) is 8.59. The minimum atomic E-state index is -0.257. The Hall–Kier alpha value is -0.0400. The Balaban J connectivity index is 3.50. The molecule has 0 rings (SSSR count). The third-order valence-electron chi connectivity index (χ3n) is 0.804. The molecule has 0 aliphatic carbocycles. The third-order valence-corrected chi connectivity index (χ3v) is 0.804. The van der Waals surface area contributed by atoms with E-state index in [1.807, 2.05) is 6.92 Å². The molecule has 0 radical (unpaired) electrons. The quantitative estimate of drug-likeness (QED) is 0.574. The molecule has 0 fully saturated rings. The fourth-order valence-electron chi connectivity index (χ4n) is 0.408. The Morgan fingerprint density at radius 1 is 2.00 bits per heavy atom. The Morgan fingerprint density at radius 2 is 2.71 bits per heavy atom. The molecule has 0 spiro atoms. The molecule has 0 aromatic rings. The van der Waals surface area contributed by atoms with Gasteiger partial charge in [0, 0.05) is 9.35 Å². The average molecular weight is 104 g/mol. The first-order valence-electron chi connectivity index (χ1n) is 3.87. The summed E-state index contributed by atoms with van der Waals surface area (Å²) in [7, 11) is 0. The van der Waals surface area contributed by atoms with Crippen molar-refractivity contribution < 1.29 is 7.85 Å². The van der Waals surface area contributed by atoms with Crippen molar-refractivity contribution in [1.29, 1.82) is 0 Å². The van der Waals surface area contributed by atoms with Crippen LogP contribution in [0, 0.1) is 5.92 Å². The smallest absolute Gasteiger partial charge is 0.0456 e. The van der Waals surface area contributed by atoms with Gasteiger partial charge in [-0.25, -0.2) is 0 Å². The van der Waals surface area contributed by atoms with Crippen molar-refractivity contribution in [2.45, 2.75) is 26.6 Å². The van der Waals surface area contributed by atoms with Crippen LogP contribution in [0.25, 0.3) is 0 Å². The summed E-state index contributed by atoms with van der Waals surface area (Å²) < 4.78 is 14.2. The van der Waals surface area contributed by atoms with Crippen LogP contribution >= 0.6 is 0 Å². The zero-order valence-corrected chi connectivity index (χ0v) is 4.72. The molecule has 0 saturated carbocycles. The number of hydrogen-bond acceptors (Lipinski definition) is 1. The number of rotatable bonds is 3. The highest BCUT2D eigenvalue weighted by molar-refractivity contribution is 4.45. The minimum absolute atomic E-state index is 0.0223. The van der Waals surface area contributed by atoms with E-state index in [-0.39, 0.29) is 25.8 Å². The fraction of sp³-hybridized carbons (Fsp3) is 1.00. The summed E-state index contributed by atoms with van der Waals surface area (Å²) in [6.45, 7) is 2.04. The largest absolute Gasteiger partial charge is 0.396 e. The van der Waals surface area contributed by atoms with Gasteiger partial charge in [0.1, 0.15) is 0 Å². The van der Waals surface area contributed by atoms with Gasteiger partial charge in [-0.05, 0) is 12.3 Å². The SMILES string of the molecule is [2H]CC(CO)C([2H])CC. The van der Waals surface area contributed by atoms with Gasteiger partial charge in [-0.15, -0.1) is 0 Å². The third kappa shape index (κ3) is 3.80. The van der Waals surface area contributed by atoms with E-state index in [0.29, 0.717) is 0 Å². The van der Waals surface area contributed by atoms with Crippen molar-refractivity contribution >= 4 is 0 Å². The Kier molecular flexibility index (Phi) is 2.30. The number of aliphatic hydroxyl groups excluding tert-OH is 1. The molecule has 7 heavy (non-hydrogen) atoms. The lowest BCUT2D eigenvalue weighted by molar-refractivity contribution is 0.229. The highest BCUT2D eigenvalue weighted by atomic mass is 16.3. The summed E-state index contributed by atoms with van der Waals surface area (Å²) in [6.07, 6.45) is 0.469. The van der Waals surface area contributed by atoms with Crippen LogP contribution in [0.4, 0.5) is 0 Å². The summed E-state index contributed by atoms with van der Waals surface area (Å²) in [5.41, 5.74) is 0. The maximum Gasteiger partial charge on any atom is 0.0456 e. The van der Waals surface area contributed by atoms with Crippen LogP contribution in [0.5, 0.6) is 0 Å². The molecule has 0 aromatic carbocycles. The molecule has 2 atom stereocenters. The zero-order chi connectivity index (χ0) is 7.28. The van der Waals surface area contributed by atoms with Gasteiger partial charge in [0.2, 0.25) is 0 Å². The van der Waals surface area contributed by atoms with Crippen LogP contribution in [-0.2, 0) is 0 Å². The molecule has 2 unspecified atom stereocenters. The maximum atomic E-state index is 8.59. The van der Waals surface area contributed by atoms with Crippen LogP contribution in [0.2, 0.25) is 0 Å². The van der Waals surface area contributed by atoms with E-state index in [4.69, 9.17) is 7.85 Å². The molecule has 0 aliphatic heterocycles. The van der Waals surface area contributed by atoms with Crippen molar-refractivity contribution in [3.05, 3.63) is 0 Å². The van der Waals surface area contributed by atoms with E-state index in [9.17, 15) is 0 Å². The molecular weight excluding hydrogens is 88.1 g/mol. The molecule has 0 amide bonds. The van der Waals surface area contributed by atoms with Gasteiger partial charge < -0.3 is 5.11 Å². The first-order chi connectivity index (χ1) is 4.26. The second-order valence-electron chi connectivity index (χ2n) is 1.59. The van der Waals surface area contributed by atoms with Crippen LogP contribution < -0.4 is 0 Å². The zero-order valence-electron chi connectivity index (χ0n) is 6.72. The van der Waals surface area contributed by atoms with Crippen LogP contribution in [0.15, 0.2) is 0 Å². The summed E-state index contributed by atoms with van der Waals surface area (Å²) in [6, 6.07) is 0. The monoisotopic (exact) mass is 104 g/mol. The van der Waals surface area contributed by atoms with Crippen LogP contribution in [0.1, 0.15) is 29.4 Å². The van der Waals surface area contributed by atoms with Crippen molar-refractivity contribution in [1.82, 2.24) is 0 Å². The molecule has 0 aliphatic rings. The molecule has 1 N–H and O–H groups in total. The number of hydrogen-bond donors (Lipinski definition) is 1. The highest BCUT2D eigenvalue weighted by Gasteiger charge is 1.93. The lowest BCUT2D eigenvalue weighted by atomic mass is 10.1. The first kappa shape index (κ1) is 3.90. The van der Waals surface area contributed by atoms with E-state index >= 15 is 0 Å². The van der Waals surface area contributed by atoms with Crippen molar-refractivity contribution in [2.75, 3.05) is 6.61 Å². The van der Waals surface area contributed by atoms with Gasteiger partial charge >= 0.3 is 0 Å². The van der Waals surface area contributed by atoms with Crippen LogP contribution in [-0.4, -0.2) is 11.7 Å². The summed E-state index contributed by atoms with van der Waals surface area (Å²) in [5.74, 6) is -0.144. The van der Waals surface area contributed by atoms with Crippen molar-refractivity contribution in [2.24, 2.45) is 5.92 Å². The topological polar surface area (TPSA) is 20.2 Å². The molecule has 0 saturated heterocycles. The lowest BCUT2D eigenvalue weighted by Gasteiger charge is -2.01. The molecule has 44 valence electrons. The van der Waals surface area contributed by atoms with Crippen molar-refractivity contribution in [3.8, 4) is 0 Å². The molecular formula is C6H14O. The minimum Gasteiger partial charge on any atom is -0.396 e. The highest BCUT2D eigenvalue weighted by Crippen LogP contribution is 2.01.